The summed E-state index contributed by atoms with van der Waals surface area (Å²) < 4.78 is 24.1. The molecule has 1 heterocycles. The number of methoxy groups -OCH3 is 2. The molecule has 0 aliphatic heterocycles. The highest BCUT2D eigenvalue weighted by Gasteiger charge is 2.19. The lowest BCUT2D eigenvalue weighted by atomic mass is 9.91. The van der Waals surface area contributed by atoms with E-state index in [2.05, 4.69) is 15.6 Å². The van der Waals surface area contributed by atoms with Gasteiger partial charge in [-0.3, -0.25) is 0 Å². The Labute approximate surface area is 185 Å². The zero-order chi connectivity index (χ0) is 22.5. The topological polar surface area (TPSA) is 75.4 Å². The van der Waals surface area contributed by atoms with Crippen molar-refractivity contribution in [3.63, 3.8) is 0 Å². The molecule has 4 aromatic rings. The van der Waals surface area contributed by atoms with E-state index < -0.39 is 0 Å². The largest absolute Gasteiger partial charge is 0.497 e. The molecule has 0 radical (unpaired) electrons. The predicted octanol–water partition coefficient (Wildman–Crippen LogP) is 5.28. The Kier molecular flexibility index (Phi) is 6.26. The molecule has 0 saturated carbocycles. The number of amides is 2. The molecule has 0 aliphatic rings. The van der Waals surface area contributed by atoms with Gasteiger partial charge in [-0.1, -0.05) is 30.3 Å². The lowest BCUT2D eigenvalue weighted by Crippen LogP contribution is -2.32. The predicted molar refractivity (Wildman–Crippen MR) is 123 cm³/mol. The zero-order valence-corrected chi connectivity index (χ0v) is 17.8. The van der Waals surface area contributed by atoms with Crippen molar-refractivity contribution >= 4 is 22.6 Å². The standard InChI is InChI=1S/C25H24FN3O3/c1-31-18-11-12-23(24(13-18)32-2)29-25(30)28-14-20(16-7-9-17(26)10-8-16)21-15-27-22-6-4-3-5-19(21)22/h3-13,15,20,27H,14H2,1-2H3,(H2,28,29,30). The Morgan fingerprint density at radius 2 is 1.81 bits per heavy atom. The molecule has 3 aromatic carbocycles. The van der Waals surface area contributed by atoms with Crippen LogP contribution in [0.2, 0.25) is 0 Å². The van der Waals surface area contributed by atoms with Crippen molar-refractivity contribution in [3.05, 3.63) is 89.9 Å². The smallest absolute Gasteiger partial charge is 0.319 e. The molecule has 164 valence electrons. The van der Waals surface area contributed by atoms with E-state index in [9.17, 15) is 9.18 Å². The normalized spacial score (nSPS) is 11.7. The van der Waals surface area contributed by atoms with Crippen LogP contribution < -0.4 is 20.1 Å². The maximum Gasteiger partial charge on any atom is 0.319 e. The van der Waals surface area contributed by atoms with Gasteiger partial charge in [0.1, 0.15) is 17.3 Å². The number of carbonyl (C=O) groups excluding carboxylic acids is 1. The number of halogens is 1. The summed E-state index contributed by atoms with van der Waals surface area (Å²) in [6, 6.07) is 19.1. The maximum atomic E-state index is 13.5. The molecule has 32 heavy (non-hydrogen) atoms. The average Bonchev–Trinajstić information content (AvgIpc) is 3.24. The molecule has 0 spiro atoms. The number of ether oxygens (including phenoxy) is 2. The molecule has 1 atom stereocenters. The number of anilines is 1. The molecular formula is C25H24FN3O3. The summed E-state index contributed by atoms with van der Waals surface area (Å²) in [4.78, 5) is 16.0. The minimum absolute atomic E-state index is 0.171. The minimum Gasteiger partial charge on any atom is -0.497 e. The van der Waals surface area contributed by atoms with Gasteiger partial charge in [-0.15, -0.1) is 0 Å². The van der Waals surface area contributed by atoms with Crippen LogP contribution in [-0.4, -0.2) is 31.8 Å². The minimum atomic E-state index is -0.375. The Morgan fingerprint density at radius 1 is 1.03 bits per heavy atom. The van der Waals surface area contributed by atoms with Gasteiger partial charge >= 0.3 is 6.03 Å². The van der Waals surface area contributed by atoms with Gasteiger partial charge in [0.05, 0.1) is 19.9 Å². The molecule has 0 fully saturated rings. The van der Waals surface area contributed by atoms with E-state index in [-0.39, 0.29) is 17.8 Å². The van der Waals surface area contributed by atoms with E-state index in [1.807, 2.05) is 30.5 Å². The third-order valence-corrected chi connectivity index (χ3v) is 5.39. The van der Waals surface area contributed by atoms with E-state index >= 15 is 0 Å². The van der Waals surface area contributed by atoms with Gasteiger partial charge in [-0.05, 0) is 41.5 Å². The number of H-pyrrole nitrogens is 1. The van der Waals surface area contributed by atoms with E-state index in [4.69, 9.17) is 9.47 Å². The van der Waals surface area contributed by atoms with E-state index in [1.165, 1.54) is 19.2 Å². The number of rotatable bonds is 7. The van der Waals surface area contributed by atoms with Gasteiger partial charge in [-0.2, -0.15) is 0 Å². The molecule has 2 amide bonds. The van der Waals surface area contributed by atoms with Crippen LogP contribution in [0.25, 0.3) is 10.9 Å². The molecule has 0 saturated heterocycles. The Morgan fingerprint density at radius 3 is 2.56 bits per heavy atom. The lowest BCUT2D eigenvalue weighted by Gasteiger charge is -2.19. The van der Waals surface area contributed by atoms with Crippen LogP contribution in [0.4, 0.5) is 14.9 Å². The van der Waals surface area contributed by atoms with Crippen LogP contribution >= 0.6 is 0 Å². The van der Waals surface area contributed by atoms with Gasteiger partial charge in [0.25, 0.3) is 0 Å². The van der Waals surface area contributed by atoms with Crippen molar-refractivity contribution in [3.8, 4) is 11.5 Å². The van der Waals surface area contributed by atoms with Crippen molar-refractivity contribution in [1.29, 1.82) is 0 Å². The molecule has 1 aromatic heterocycles. The number of aromatic amines is 1. The number of nitrogens with one attached hydrogen (secondary N) is 3. The second kappa shape index (κ2) is 9.43. The fourth-order valence-electron chi connectivity index (χ4n) is 3.75. The highest BCUT2D eigenvalue weighted by Crippen LogP contribution is 2.31. The van der Waals surface area contributed by atoms with Crippen LogP contribution in [0.5, 0.6) is 11.5 Å². The second-order valence-corrected chi connectivity index (χ2v) is 7.29. The van der Waals surface area contributed by atoms with Crippen LogP contribution in [0.15, 0.2) is 72.9 Å². The van der Waals surface area contributed by atoms with Gasteiger partial charge in [0.15, 0.2) is 0 Å². The first-order valence-corrected chi connectivity index (χ1v) is 10.2. The summed E-state index contributed by atoms with van der Waals surface area (Å²) in [5, 5.41) is 6.80. The zero-order valence-electron chi connectivity index (χ0n) is 17.8. The van der Waals surface area contributed by atoms with Crippen molar-refractivity contribution in [1.82, 2.24) is 10.3 Å². The van der Waals surface area contributed by atoms with Crippen LogP contribution in [0.1, 0.15) is 17.0 Å². The van der Waals surface area contributed by atoms with Crippen LogP contribution in [0, 0.1) is 5.82 Å². The van der Waals surface area contributed by atoms with E-state index in [0.717, 1.165) is 22.0 Å². The molecule has 1 unspecified atom stereocenters. The summed E-state index contributed by atoms with van der Waals surface area (Å²) in [5.41, 5.74) is 3.45. The first kappa shape index (κ1) is 21.2. The van der Waals surface area contributed by atoms with Crippen molar-refractivity contribution in [2.45, 2.75) is 5.92 Å². The Hall–Kier alpha value is -4.00. The summed E-state index contributed by atoms with van der Waals surface area (Å²) >= 11 is 0. The van der Waals surface area contributed by atoms with Gasteiger partial charge < -0.3 is 25.1 Å². The Balaban J connectivity index is 1.56. The van der Waals surface area contributed by atoms with E-state index in [1.54, 1.807) is 37.4 Å². The molecule has 0 aliphatic carbocycles. The van der Waals surface area contributed by atoms with Crippen molar-refractivity contribution in [2.75, 3.05) is 26.1 Å². The fourth-order valence-corrected chi connectivity index (χ4v) is 3.75. The highest BCUT2D eigenvalue weighted by atomic mass is 19.1. The third-order valence-electron chi connectivity index (χ3n) is 5.39. The van der Waals surface area contributed by atoms with Crippen molar-refractivity contribution in [2.24, 2.45) is 0 Å². The summed E-state index contributed by atoms with van der Waals surface area (Å²) in [6.45, 7) is 0.317. The highest BCUT2D eigenvalue weighted by molar-refractivity contribution is 5.91. The number of hydrogen-bond donors (Lipinski definition) is 3. The maximum absolute atomic E-state index is 13.5. The quantitative estimate of drug-likeness (QED) is 0.371. The molecule has 4 rings (SSSR count). The summed E-state index contributed by atoms with van der Waals surface area (Å²) in [7, 11) is 3.09. The number of para-hydroxylation sites is 1. The second-order valence-electron chi connectivity index (χ2n) is 7.29. The number of carbonyl (C=O) groups is 1. The molecular weight excluding hydrogens is 409 g/mol. The van der Waals surface area contributed by atoms with Gasteiger partial charge in [0, 0.05) is 35.6 Å². The number of aromatic nitrogens is 1. The summed E-state index contributed by atoms with van der Waals surface area (Å²) in [6.07, 6.45) is 1.94. The number of hydrogen-bond acceptors (Lipinski definition) is 3. The first-order valence-electron chi connectivity index (χ1n) is 10.2. The molecule has 0 bridgehead atoms. The number of urea groups is 1. The first-order chi connectivity index (χ1) is 15.6. The Bertz CT molecular complexity index is 1220. The average molecular weight is 433 g/mol. The van der Waals surface area contributed by atoms with Crippen LogP contribution in [-0.2, 0) is 0 Å². The van der Waals surface area contributed by atoms with E-state index in [0.29, 0.717) is 23.7 Å². The molecule has 7 heteroatoms. The third kappa shape index (κ3) is 4.51. The molecule has 6 nitrogen and oxygen atoms in total. The summed E-state index contributed by atoms with van der Waals surface area (Å²) in [5.74, 6) is 0.647. The van der Waals surface area contributed by atoms with Gasteiger partial charge in [-0.25, -0.2) is 9.18 Å². The SMILES string of the molecule is COc1ccc(NC(=O)NCC(c2ccc(F)cc2)c2c[nH]c3ccccc23)c(OC)c1. The van der Waals surface area contributed by atoms with Gasteiger partial charge in [0.2, 0.25) is 0 Å². The number of fused-ring (bicyclic) bond motifs is 1. The fraction of sp³-hybridized carbons (Fsp3) is 0.160. The molecule has 3 N–H and O–H groups in total. The van der Waals surface area contributed by atoms with Crippen LogP contribution in [0.3, 0.4) is 0 Å². The number of benzene rings is 3. The lowest BCUT2D eigenvalue weighted by molar-refractivity contribution is 0.251. The van der Waals surface area contributed by atoms with Crippen molar-refractivity contribution < 1.29 is 18.7 Å². The monoisotopic (exact) mass is 433 g/mol.